The summed E-state index contributed by atoms with van der Waals surface area (Å²) in [5.74, 6) is 0. The second-order valence-corrected chi connectivity index (χ2v) is 5.24. The van der Waals surface area contributed by atoms with Crippen LogP contribution >= 0.6 is 11.3 Å². The summed E-state index contributed by atoms with van der Waals surface area (Å²) in [4.78, 5) is 9.49. The van der Waals surface area contributed by atoms with E-state index in [0.29, 0.717) is 0 Å². The van der Waals surface area contributed by atoms with E-state index in [9.17, 15) is 0 Å². The van der Waals surface area contributed by atoms with Crippen molar-refractivity contribution < 1.29 is 0 Å². The zero-order chi connectivity index (χ0) is 11.5. The molecule has 3 heteroatoms. The first kappa shape index (κ1) is 11.4. The summed E-state index contributed by atoms with van der Waals surface area (Å²) in [5.41, 5.74) is 1.39. The standard InChI is InChI=1S/C13H18N2S/c1-4-10-8-11(13(5-2)16-10)12-6-7-15(3)9-14-12/h6-9,12H,4-5H2,1-3H3. The van der Waals surface area contributed by atoms with Gasteiger partial charge >= 0.3 is 0 Å². The number of hydrogen-bond donors (Lipinski definition) is 0. The van der Waals surface area contributed by atoms with Crippen molar-refractivity contribution in [1.29, 1.82) is 0 Å². The minimum Gasteiger partial charge on any atom is -0.343 e. The van der Waals surface area contributed by atoms with Gasteiger partial charge in [0.2, 0.25) is 0 Å². The van der Waals surface area contributed by atoms with E-state index < -0.39 is 0 Å². The molecule has 2 rings (SSSR count). The van der Waals surface area contributed by atoms with Crippen LogP contribution in [0.2, 0.25) is 0 Å². The fourth-order valence-corrected chi connectivity index (χ4v) is 2.96. The zero-order valence-corrected chi connectivity index (χ0v) is 10.9. The quantitative estimate of drug-likeness (QED) is 0.782. The minimum atomic E-state index is 0.225. The van der Waals surface area contributed by atoms with Crippen molar-refractivity contribution in [3.05, 3.63) is 33.7 Å². The molecule has 0 spiro atoms. The average Bonchev–Trinajstić information content (AvgIpc) is 2.73. The van der Waals surface area contributed by atoms with Gasteiger partial charge in [-0.3, -0.25) is 4.99 Å². The molecular formula is C13H18N2S. The Bertz CT molecular complexity index is 404. The lowest BCUT2D eigenvalue weighted by Gasteiger charge is -2.16. The summed E-state index contributed by atoms with van der Waals surface area (Å²) in [7, 11) is 2.00. The van der Waals surface area contributed by atoms with Crippen LogP contribution in [0.1, 0.15) is 35.2 Å². The van der Waals surface area contributed by atoms with Gasteiger partial charge in [-0.05, 0) is 30.5 Å². The Kier molecular flexibility index (Phi) is 3.44. The summed E-state index contributed by atoms with van der Waals surface area (Å²) in [6.45, 7) is 4.43. The van der Waals surface area contributed by atoms with Gasteiger partial charge in [0.15, 0.2) is 0 Å². The molecule has 1 aromatic rings. The minimum absolute atomic E-state index is 0.225. The Morgan fingerprint density at radius 3 is 2.75 bits per heavy atom. The molecule has 0 saturated heterocycles. The van der Waals surface area contributed by atoms with Crippen LogP contribution in [0.15, 0.2) is 23.3 Å². The number of hydrogen-bond acceptors (Lipinski definition) is 3. The molecule has 1 aliphatic heterocycles. The predicted molar refractivity (Wildman–Crippen MR) is 71.2 cm³/mol. The van der Waals surface area contributed by atoms with Crippen LogP contribution in [-0.2, 0) is 12.8 Å². The topological polar surface area (TPSA) is 15.6 Å². The van der Waals surface area contributed by atoms with Crippen LogP contribution in [0.5, 0.6) is 0 Å². The van der Waals surface area contributed by atoms with E-state index >= 15 is 0 Å². The fourth-order valence-electron chi connectivity index (χ4n) is 1.87. The predicted octanol–water partition coefficient (Wildman–Crippen LogP) is 3.40. The largest absolute Gasteiger partial charge is 0.343 e. The molecule has 0 aliphatic carbocycles. The molecule has 2 heterocycles. The number of nitrogens with zero attached hydrogens (tertiary/aromatic N) is 2. The number of rotatable bonds is 3. The van der Waals surface area contributed by atoms with Crippen molar-refractivity contribution in [1.82, 2.24) is 4.90 Å². The highest BCUT2D eigenvalue weighted by Crippen LogP contribution is 2.32. The van der Waals surface area contributed by atoms with Gasteiger partial charge in [0.25, 0.3) is 0 Å². The molecule has 1 atom stereocenters. The van der Waals surface area contributed by atoms with E-state index in [0.717, 1.165) is 12.8 Å². The summed E-state index contributed by atoms with van der Waals surface area (Å²) in [6, 6.07) is 2.55. The maximum Gasteiger partial charge on any atom is 0.0975 e. The average molecular weight is 234 g/mol. The van der Waals surface area contributed by atoms with Crippen molar-refractivity contribution in [2.75, 3.05) is 7.05 Å². The lowest BCUT2D eigenvalue weighted by molar-refractivity contribution is 0.665. The zero-order valence-electron chi connectivity index (χ0n) is 10.1. The summed E-state index contributed by atoms with van der Waals surface area (Å²) < 4.78 is 0. The molecule has 16 heavy (non-hydrogen) atoms. The molecular weight excluding hydrogens is 216 g/mol. The van der Waals surface area contributed by atoms with E-state index in [-0.39, 0.29) is 6.04 Å². The molecule has 1 unspecified atom stereocenters. The number of aryl methyl sites for hydroxylation is 2. The first-order valence-corrected chi connectivity index (χ1v) is 6.61. The summed E-state index contributed by atoms with van der Waals surface area (Å²) >= 11 is 1.93. The van der Waals surface area contributed by atoms with Crippen molar-refractivity contribution in [3.8, 4) is 0 Å². The first-order valence-electron chi connectivity index (χ1n) is 5.79. The van der Waals surface area contributed by atoms with E-state index in [1.54, 1.807) is 0 Å². The molecule has 0 fully saturated rings. The van der Waals surface area contributed by atoms with Crippen LogP contribution in [-0.4, -0.2) is 18.3 Å². The fraction of sp³-hybridized carbons (Fsp3) is 0.462. The molecule has 0 aromatic carbocycles. The second kappa shape index (κ2) is 4.83. The Balaban J connectivity index is 2.29. The van der Waals surface area contributed by atoms with Crippen molar-refractivity contribution in [2.45, 2.75) is 32.7 Å². The van der Waals surface area contributed by atoms with Gasteiger partial charge in [0.05, 0.1) is 12.4 Å². The summed E-state index contributed by atoms with van der Waals surface area (Å²) in [5, 5.41) is 0. The van der Waals surface area contributed by atoms with Gasteiger partial charge in [-0.1, -0.05) is 13.8 Å². The summed E-state index contributed by atoms with van der Waals surface area (Å²) in [6.07, 6.45) is 8.38. The molecule has 0 N–H and O–H groups in total. The van der Waals surface area contributed by atoms with E-state index in [1.807, 2.05) is 29.6 Å². The molecule has 1 aliphatic rings. The van der Waals surface area contributed by atoms with Gasteiger partial charge in [0.1, 0.15) is 0 Å². The highest BCUT2D eigenvalue weighted by atomic mass is 32.1. The van der Waals surface area contributed by atoms with Crippen LogP contribution < -0.4 is 0 Å². The Morgan fingerprint density at radius 2 is 2.19 bits per heavy atom. The molecule has 2 nitrogen and oxygen atoms in total. The van der Waals surface area contributed by atoms with Crippen LogP contribution in [0.4, 0.5) is 0 Å². The van der Waals surface area contributed by atoms with E-state index in [2.05, 4.69) is 37.2 Å². The molecule has 0 radical (unpaired) electrons. The van der Waals surface area contributed by atoms with Crippen LogP contribution in [0, 0.1) is 0 Å². The molecule has 0 saturated carbocycles. The smallest absolute Gasteiger partial charge is 0.0975 e. The highest BCUT2D eigenvalue weighted by Gasteiger charge is 2.15. The molecule has 1 aromatic heterocycles. The van der Waals surface area contributed by atoms with Gasteiger partial charge < -0.3 is 4.90 Å². The molecule has 86 valence electrons. The number of aliphatic imine (C=N–C) groups is 1. The Hall–Kier alpha value is -1.09. The maximum absolute atomic E-state index is 4.56. The molecule has 0 amide bonds. The van der Waals surface area contributed by atoms with Gasteiger partial charge in [0, 0.05) is 23.0 Å². The Morgan fingerprint density at radius 1 is 1.38 bits per heavy atom. The lowest BCUT2D eigenvalue weighted by atomic mass is 10.1. The van der Waals surface area contributed by atoms with Gasteiger partial charge in [-0.2, -0.15) is 0 Å². The third-order valence-corrected chi connectivity index (χ3v) is 4.23. The second-order valence-electron chi connectivity index (χ2n) is 4.01. The van der Waals surface area contributed by atoms with Crippen LogP contribution in [0.3, 0.4) is 0 Å². The number of thiophene rings is 1. The third kappa shape index (κ3) is 2.19. The SMILES string of the molecule is CCc1cc(C2C=CN(C)C=N2)c(CC)s1. The van der Waals surface area contributed by atoms with E-state index in [1.165, 1.54) is 15.3 Å². The van der Waals surface area contributed by atoms with Crippen molar-refractivity contribution in [2.24, 2.45) is 4.99 Å². The Labute approximate surface area is 101 Å². The monoisotopic (exact) mass is 234 g/mol. The van der Waals surface area contributed by atoms with Gasteiger partial charge in [-0.15, -0.1) is 11.3 Å². The normalized spacial score (nSPS) is 19.4. The maximum atomic E-state index is 4.56. The molecule has 0 bridgehead atoms. The highest BCUT2D eigenvalue weighted by molar-refractivity contribution is 7.12. The van der Waals surface area contributed by atoms with Crippen molar-refractivity contribution >= 4 is 17.7 Å². The van der Waals surface area contributed by atoms with Gasteiger partial charge in [-0.25, -0.2) is 0 Å². The van der Waals surface area contributed by atoms with Crippen LogP contribution in [0.25, 0.3) is 0 Å². The van der Waals surface area contributed by atoms with Crippen molar-refractivity contribution in [3.63, 3.8) is 0 Å². The van der Waals surface area contributed by atoms with E-state index in [4.69, 9.17) is 0 Å². The third-order valence-electron chi connectivity index (χ3n) is 2.79. The lowest BCUT2D eigenvalue weighted by Crippen LogP contribution is -2.13. The first-order chi connectivity index (χ1) is 7.74.